The summed E-state index contributed by atoms with van der Waals surface area (Å²) < 4.78 is 46.3. The van der Waals surface area contributed by atoms with Gasteiger partial charge in [0.2, 0.25) is 5.66 Å². The van der Waals surface area contributed by atoms with Crippen LogP contribution in [-0.4, -0.2) is 68.4 Å². The highest BCUT2D eigenvalue weighted by Crippen LogP contribution is 2.46. The molecule has 0 bridgehead atoms. The zero-order valence-corrected chi connectivity index (χ0v) is 18.1. The van der Waals surface area contributed by atoms with Crippen molar-refractivity contribution in [3.63, 3.8) is 0 Å². The van der Waals surface area contributed by atoms with Crippen LogP contribution in [0.25, 0.3) is 0 Å². The van der Waals surface area contributed by atoms with Gasteiger partial charge in [0.1, 0.15) is 18.1 Å². The molecule has 0 aromatic heterocycles. The van der Waals surface area contributed by atoms with Gasteiger partial charge >= 0.3 is 18.1 Å². The molecule has 5 atom stereocenters. The van der Waals surface area contributed by atoms with Gasteiger partial charge in [0, 0.05) is 0 Å². The zero-order valence-electron chi connectivity index (χ0n) is 18.1. The first-order valence-electron chi connectivity index (χ1n) is 10.4. The first kappa shape index (κ1) is 23.1. The van der Waals surface area contributed by atoms with Crippen LogP contribution in [0.15, 0.2) is 23.2 Å². The second kappa shape index (κ2) is 7.22. The molecular weight excluding hydrogens is 445 g/mol. The minimum Gasteiger partial charge on any atom is -0.449 e. The molecule has 0 unspecified atom stereocenters. The Morgan fingerprint density at radius 3 is 2.61 bits per heavy atom. The van der Waals surface area contributed by atoms with Crippen molar-refractivity contribution in [1.29, 1.82) is 0 Å². The molecule has 4 rings (SSSR count). The predicted octanol–water partition coefficient (Wildman–Crippen LogP) is -0.686. The molecule has 33 heavy (non-hydrogen) atoms. The number of guanidine groups is 2. The molecule has 0 amide bonds. The number of rotatable bonds is 3. The van der Waals surface area contributed by atoms with Gasteiger partial charge in [-0.05, 0) is 38.0 Å². The number of halogens is 3. The number of nitrogens with zero attached hydrogens (tertiary/aromatic N) is 2. The van der Waals surface area contributed by atoms with E-state index < -0.39 is 53.4 Å². The fourth-order valence-corrected chi connectivity index (χ4v) is 5.08. The van der Waals surface area contributed by atoms with Crippen LogP contribution in [0.4, 0.5) is 13.2 Å². The molecular formula is C20H26F3N6O4+. The molecule has 0 saturated carbocycles. The Kier molecular flexibility index (Phi) is 5.06. The Morgan fingerprint density at radius 1 is 1.33 bits per heavy atom. The van der Waals surface area contributed by atoms with Crippen LogP contribution < -0.4 is 22.1 Å². The number of nitrogens with one attached hydrogen (secondary N) is 2. The second-order valence-electron chi connectivity index (χ2n) is 8.58. The van der Waals surface area contributed by atoms with E-state index >= 15 is 0 Å². The maximum Gasteiger partial charge on any atom is 0.416 e. The van der Waals surface area contributed by atoms with E-state index in [1.165, 1.54) is 11.5 Å². The molecule has 8 N–H and O–H groups in total. The highest BCUT2D eigenvalue weighted by atomic mass is 19.4. The van der Waals surface area contributed by atoms with Crippen LogP contribution >= 0.6 is 0 Å². The Hall–Kier alpha value is -3.06. The van der Waals surface area contributed by atoms with Gasteiger partial charge in [0.15, 0.2) is 12.1 Å². The van der Waals surface area contributed by atoms with Crippen molar-refractivity contribution in [3.05, 3.63) is 34.9 Å². The molecule has 180 valence electrons. The summed E-state index contributed by atoms with van der Waals surface area (Å²) in [5, 5.41) is 28.6. The monoisotopic (exact) mass is 471 g/mol. The van der Waals surface area contributed by atoms with Crippen LogP contribution in [0.5, 0.6) is 0 Å². The van der Waals surface area contributed by atoms with Crippen molar-refractivity contribution in [2.75, 3.05) is 0 Å². The van der Waals surface area contributed by atoms with Crippen LogP contribution in [0.3, 0.4) is 0 Å². The standard InChI is InChI=1S/C20H25F3N6O4/c1-4-12-13-18(28-16(24)27-13)19(31,32)14(9(3)29(18)17(25)26-12)33-15(30)11-7-10(20(21,22)23)6-5-8(11)2/h5-7,9,12-14,31-32H,4H2,1-3H3,(H5,24,25,26,27,28)/p+1/t9-,12-,13-,14-,18-/m0/s1. The van der Waals surface area contributed by atoms with E-state index in [1.54, 1.807) is 6.92 Å². The fraction of sp³-hybridized carbons (Fsp3) is 0.550. The van der Waals surface area contributed by atoms with Gasteiger partial charge in [-0.1, -0.05) is 13.0 Å². The first-order valence-corrected chi connectivity index (χ1v) is 10.4. The summed E-state index contributed by atoms with van der Waals surface area (Å²) in [6.07, 6.45) is -5.76. The lowest BCUT2D eigenvalue weighted by molar-refractivity contribution is -0.646. The molecule has 1 fully saturated rings. The quantitative estimate of drug-likeness (QED) is 0.192. The van der Waals surface area contributed by atoms with E-state index in [-0.39, 0.29) is 23.0 Å². The number of hydrogen-bond acceptors (Lipinski definition) is 9. The van der Waals surface area contributed by atoms with Crippen molar-refractivity contribution >= 4 is 17.9 Å². The van der Waals surface area contributed by atoms with Crippen LogP contribution in [0.1, 0.15) is 41.8 Å². The third-order valence-electron chi connectivity index (χ3n) is 6.64. The van der Waals surface area contributed by atoms with Gasteiger partial charge in [0.05, 0.1) is 11.1 Å². The first-order chi connectivity index (χ1) is 15.3. The van der Waals surface area contributed by atoms with Crippen molar-refractivity contribution in [1.82, 2.24) is 10.6 Å². The summed E-state index contributed by atoms with van der Waals surface area (Å²) in [4.78, 5) is 17.2. The Balaban J connectivity index is 1.75. The molecule has 13 heteroatoms. The zero-order chi connectivity index (χ0) is 24.5. The lowest BCUT2D eigenvalue weighted by Gasteiger charge is -2.43. The lowest BCUT2D eigenvalue weighted by atomic mass is 9.85. The molecule has 1 aromatic rings. The molecule has 1 saturated heterocycles. The van der Waals surface area contributed by atoms with E-state index in [4.69, 9.17) is 16.2 Å². The summed E-state index contributed by atoms with van der Waals surface area (Å²) in [6, 6.07) is 0.538. The van der Waals surface area contributed by atoms with E-state index in [1.807, 2.05) is 6.92 Å². The number of carbonyl (C=O) groups excluding carboxylic acids is 1. The minimum atomic E-state index is -4.67. The molecule has 3 heterocycles. The molecule has 0 radical (unpaired) electrons. The number of aliphatic hydroxyl groups is 2. The lowest BCUT2D eigenvalue weighted by Crippen LogP contribution is -2.78. The number of carbonyl (C=O) groups is 1. The van der Waals surface area contributed by atoms with Crippen molar-refractivity contribution < 1.29 is 37.5 Å². The second-order valence-corrected chi connectivity index (χ2v) is 8.58. The largest absolute Gasteiger partial charge is 0.449 e. The van der Waals surface area contributed by atoms with Gasteiger partial charge in [-0.2, -0.15) is 13.2 Å². The number of ether oxygens (including phenoxy) is 1. The highest BCUT2D eigenvalue weighted by molar-refractivity contribution is 5.91. The molecule has 0 aliphatic carbocycles. The number of aryl methyl sites for hydroxylation is 1. The summed E-state index contributed by atoms with van der Waals surface area (Å²) >= 11 is 0. The summed E-state index contributed by atoms with van der Waals surface area (Å²) in [5.41, 5.74) is 9.20. The van der Waals surface area contributed by atoms with Gasteiger partial charge in [-0.3, -0.25) is 11.1 Å². The maximum atomic E-state index is 13.2. The number of hydrogen-bond donors (Lipinski definition) is 6. The fourth-order valence-electron chi connectivity index (χ4n) is 5.08. The Labute approximate surface area is 187 Å². The third kappa shape index (κ3) is 3.13. The van der Waals surface area contributed by atoms with Gasteiger partial charge in [-0.15, -0.1) is 0 Å². The maximum absolute atomic E-state index is 13.2. The molecule has 3 aliphatic rings. The van der Waals surface area contributed by atoms with Crippen molar-refractivity contribution in [3.8, 4) is 0 Å². The minimum absolute atomic E-state index is 0.0553. The van der Waals surface area contributed by atoms with Gasteiger partial charge in [0.25, 0.3) is 5.79 Å². The number of benzene rings is 1. The average molecular weight is 471 g/mol. The van der Waals surface area contributed by atoms with E-state index in [9.17, 15) is 28.2 Å². The Morgan fingerprint density at radius 2 is 2.00 bits per heavy atom. The summed E-state index contributed by atoms with van der Waals surface area (Å²) in [7, 11) is 0. The van der Waals surface area contributed by atoms with Crippen LogP contribution in [0.2, 0.25) is 0 Å². The molecule has 10 nitrogen and oxygen atoms in total. The average Bonchev–Trinajstić information content (AvgIpc) is 3.14. The van der Waals surface area contributed by atoms with Gasteiger partial charge < -0.3 is 26.0 Å². The number of aliphatic imine (C=N–C) groups is 1. The topological polar surface area (TPSA) is 158 Å². The SMILES string of the molecule is CC[C@@H]1NC(N)=[N+]2[C@@H](C)[C@H](OC(=O)c3cc(C(F)(F)F)ccc3C)C(O)(O)[C@@]23NC(N)=N[C@@H]13. The summed E-state index contributed by atoms with van der Waals surface area (Å²) in [6.45, 7) is 4.84. The van der Waals surface area contributed by atoms with E-state index in [2.05, 4.69) is 15.6 Å². The van der Waals surface area contributed by atoms with E-state index in [0.29, 0.717) is 12.5 Å². The summed E-state index contributed by atoms with van der Waals surface area (Å²) in [5.74, 6) is -3.86. The predicted molar refractivity (Wildman–Crippen MR) is 110 cm³/mol. The number of nitrogens with two attached hydrogens (primary N) is 2. The molecule has 3 aliphatic heterocycles. The normalized spacial score (nSPS) is 32.4. The van der Waals surface area contributed by atoms with Crippen molar-refractivity contribution in [2.45, 2.75) is 69.0 Å². The van der Waals surface area contributed by atoms with Crippen LogP contribution in [-0.2, 0) is 10.9 Å². The number of esters is 1. The highest BCUT2D eigenvalue weighted by Gasteiger charge is 2.78. The third-order valence-corrected chi connectivity index (χ3v) is 6.64. The number of alkyl halides is 3. The van der Waals surface area contributed by atoms with E-state index in [0.717, 1.165) is 12.1 Å². The molecule has 1 aromatic carbocycles. The van der Waals surface area contributed by atoms with Crippen molar-refractivity contribution in [2.24, 2.45) is 16.5 Å². The smallest absolute Gasteiger partial charge is 0.416 e. The Bertz CT molecular complexity index is 1070. The van der Waals surface area contributed by atoms with Gasteiger partial charge in [-0.25, -0.2) is 14.4 Å². The van der Waals surface area contributed by atoms with Crippen LogP contribution in [0, 0.1) is 6.92 Å². The molecule has 1 spiro atoms.